The second kappa shape index (κ2) is 4.24. The van der Waals surface area contributed by atoms with Gasteiger partial charge in [0.1, 0.15) is 0 Å². The first kappa shape index (κ1) is 10.0. The van der Waals surface area contributed by atoms with Crippen molar-refractivity contribution in [2.45, 2.75) is 51.7 Å². The summed E-state index contributed by atoms with van der Waals surface area (Å²) in [7, 11) is 2.07. The Bertz CT molecular complexity index is 134. The molecule has 2 atom stereocenters. The Morgan fingerprint density at radius 1 is 1.42 bits per heavy atom. The highest BCUT2D eigenvalue weighted by atomic mass is 15.2. The van der Waals surface area contributed by atoms with Crippen LogP contribution in [0, 0.1) is 0 Å². The molecule has 0 bridgehead atoms. The van der Waals surface area contributed by atoms with Gasteiger partial charge in [-0.3, -0.25) is 4.90 Å². The molecule has 0 amide bonds. The normalized spacial score (nSPS) is 32.8. The van der Waals surface area contributed by atoms with Gasteiger partial charge in [-0.2, -0.15) is 0 Å². The van der Waals surface area contributed by atoms with Gasteiger partial charge in [-0.1, -0.05) is 0 Å². The molecular weight excluding hydrogens is 148 g/mol. The lowest BCUT2D eigenvalue weighted by Gasteiger charge is -2.41. The largest absolute Gasteiger partial charge is 0.315 e. The average Bonchev–Trinajstić information content (AvgIpc) is 2.04. The molecule has 1 aliphatic heterocycles. The van der Waals surface area contributed by atoms with E-state index in [1.807, 2.05) is 0 Å². The molecule has 1 rings (SSSR count). The molecule has 0 aromatic rings. The van der Waals surface area contributed by atoms with Crippen LogP contribution in [0.1, 0.15) is 33.6 Å². The lowest BCUT2D eigenvalue weighted by atomic mass is 9.96. The van der Waals surface area contributed by atoms with Crippen molar-refractivity contribution >= 4 is 0 Å². The quantitative estimate of drug-likeness (QED) is 0.675. The Labute approximate surface area is 76.3 Å². The summed E-state index contributed by atoms with van der Waals surface area (Å²) in [5.41, 5.74) is 0. The van der Waals surface area contributed by atoms with E-state index in [-0.39, 0.29) is 0 Å². The van der Waals surface area contributed by atoms with Crippen molar-refractivity contribution in [2.24, 2.45) is 0 Å². The van der Waals surface area contributed by atoms with Crippen LogP contribution in [0.5, 0.6) is 0 Å². The van der Waals surface area contributed by atoms with Crippen LogP contribution in [-0.4, -0.2) is 36.6 Å². The Hall–Kier alpha value is -0.0800. The highest BCUT2D eigenvalue weighted by molar-refractivity contribution is 4.86. The van der Waals surface area contributed by atoms with Gasteiger partial charge < -0.3 is 5.32 Å². The number of piperidine rings is 1. The number of nitrogens with one attached hydrogen (secondary N) is 1. The zero-order valence-corrected chi connectivity index (χ0v) is 8.80. The molecule has 72 valence electrons. The minimum atomic E-state index is 0.691. The summed E-state index contributed by atoms with van der Waals surface area (Å²) in [5.74, 6) is 0. The second-order valence-corrected chi connectivity index (χ2v) is 4.11. The van der Waals surface area contributed by atoms with E-state index in [0.717, 1.165) is 0 Å². The van der Waals surface area contributed by atoms with E-state index < -0.39 is 0 Å². The molecule has 0 aromatic carbocycles. The maximum absolute atomic E-state index is 3.40. The van der Waals surface area contributed by atoms with Crippen molar-refractivity contribution in [3.05, 3.63) is 0 Å². The smallest absolute Gasteiger partial charge is 0.0223 e. The van der Waals surface area contributed by atoms with E-state index in [0.29, 0.717) is 18.1 Å². The second-order valence-electron chi connectivity index (χ2n) is 4.11. The van der Waals surface area contributed by atoms with E-state index in [1.54, 1.807) is 0 Å². The monoisotopic (exact) mass is 170 g/mol. The maximum Gasteiger partial charge on any atom is 0.0223 e. The molecule has 0 radical (unpaired) electrons. The molecule has 0 aromatic heterocycles. The molecule has 1 fully saturated rings. The first-order valence-corrected chi connectivity index (χ1v) is 5.09. The van der Waals surface area contributed by atoms with E-state index in [1.165, 1.54) is 19.4 Å². The molecule has 1 heterocycles. The molecule has 2 unspecified atom stereocenters. The van der Waals surface area contributed by atoms with E-state index in [4.69, 9.17) is 0 Å². The van der Waals surface area contributed by atoms with Crippen LogP contribution >= 0.6 is 0 Å². The van der Waals surface area contributed by atoms with Crippen LogP contribution in [0.2, 0.25) is 0 Å². The summed E-state index contributed by atoms with van der Waals surface area (Å²) in [6, 6.07) is 2.08. The highest BCUT2D eigenvalue weighted by Gasteiger charge is 2.27. The average molecular weight is 170 g/mol. The summed E-state index contributed by atoms with van der Waals surface area (Å²) in [4.78, 5) is 2.59. The van der Waals surface area contributed by atoms with Crippen molar-refractivity contribution in [2.75, 3.05) is 13.6 Å². The van der Waals surface area contributed by atoms with Crippen LogP contribution in [-0.2, 0) is 0 Å². The number of hydrogen-bond donors (Lipinski definition) is 1. The Balaban J connectivity index is 2.53. The Morgan fingerprint density at radius 2 is 2.08 bits per heavy atom. The van der Waals surface area contributed by atoms with Gasteiger partial charge in [0.15, 0.2) is 0 Å². The predicted molar refractivity (Wildman–Crippen MR) is 53.4 cm³/mol. The number of likely N-dealkylation sites (tertiary alicyclic amines) is 1. The maximum atomic E-state index is 3.40. The summed E-state index contributed by atoms with van der Waals surface area (Å²) in [6.45, 7) is 8.18. The van der Waals surface area contributed by atoms with Crippen LogP contribution in [0.15, 0.2) is 0 Å². The molecule has 12 heavy (non-hydrogen) atoms. The number of nitrogens with zero attached hydrogens (tertiary/aromatic N) is 1. The zero-order chi connectivity index (χ0) is 9.14. The van der Waals surface area contributed by atoms with Gasteiger partial charge in [-0.25, -0.2) is 0 Å². The number of rotatable bonds is 2. The fraction of sp³-hybridized carbons (Fsp3) is 1.00. The molecule has 1 N–H and O–H groups in total. The van der Waals surface area contributed by atoms with Gasteiger partial charge in [-0.05, 0) is 47.2 Å². The molecule has 2 nitrogen and oxygen atoms in total. The predicted octanol–water partition coefficient (Wildman–Crippen LogP) is 1.47. The van der Waals surface area contributed by atoms with Gasteiger partial charge in [0, 0.05) is 18.1 Å². The van der Waals surface area contributed by atoms with Crippen LogP contribution in [0.3, 0.4) is 0 Å². The zero-order valence-electron chi connectivity index (χ0n) is 8.80. The third-order valence-corrected chi connectivity index (χ3v) is 3.07. The molecule has 0 saturated carbocycles. The van der Waals surface area contributed by atoms with Crippen molar-refractivity contribution in [1.82, 2.24) is 10.2 Å². The molecule has 0 aliphatic carbocycles. The third-order valence-electron chi connectivity index (χ3n) is 3.07. The lowest BCUT2D eigenvalue weighted by molar-refractivity contribution is 0.0956. The van der Waals surface area contributed by atoms with Crippen molar-refractivity contribution in [1.29, 1.82) is 0 Å². The lowest BCUT2D eigenvalue weighted by Crippen LogP contribution is -2.53. The fourth-order valence-corrected chi connectivity index (χ4v) is 2.28. The van der Waals surface area contributed by atoms with E-state index in [9.17, 15) is 0 Å². The van der Waals surface area contributed by atoms with E-state index in [2.05, 4.69) is 38.0 Å². The fourth-order valence-electron chi connectivity index (χ4n) is 2.28. The number of likely N-dealkylation sites (N-methyl/N-ethyl adjacent to an activating group) is 1. The van der Waals surface area contributed by atoms with Gasteiger partial charge in [0.2, 0.25) is 0 Å². The summed E-state index contributed by atoms with van der Waals surface area (Å²) in [5, 5.41) is 3.40. The van der Waals surface area contributed by atoms with Crippen molar-refractivity contribution in [3.63, 3.8) is 0 Å². The van der Waals surface area contributed by atoms with E-state index >= 15 is 0 Å². The third kappa shape index (κ3) is 1.99. The summed E-state index contributed by atoms with van der Waals surface area (Å²) in [6.07, 6.45) is 2.68. The SMILES string of the molecule is CNC1CCCN(C(C)C)C1C. The van der Waals surface area contributed by atoms with Crippen LogP contribution in [0.4, 0.5) is 0 Å². The standard InChI is InChI=1S/C10H22N2/c1-8(2)12-7-5-6-10(11-4)9(12)3/h8-11H,5-7H2,1-4H3. The topological polar surface area (TPSA) is 15.3 Å². The van der Waals surface area contributed by atoms with Gasteiger partial charge in [0.25, 0.3) is 0 Å². The first-order valence-electron chi connectivity index (χ1n) is 5.09. The molecule has 1 aliphatic rings. The Morgan fingerprint density at radius 3 is 2.58 bits per heavy atom. The Kier molecular flexibility index (Phi) is 3.53. The minimum absolute atomic E-state index is 0.691. The van der Waals surface area contributed by atoms with Gasteiger partial charge in [-0.15, -0.1) is 0 Å². The van der Waals surface area contributed by atoms with Crippen molar-refractivity contribution < 1.29 is 0 Å². The minimum Gasteiger partial charge on any atom is -0.315 e. The van der Waals surface area contributed by atoms with Gasteiger partial charge >= 0.3 is 0 Å². The van der Waals surface area contributed by atoms with Gasteiger partial charge in [0.05, 0.1) is 0 Å². The molecular formula is C10H22N2. The molecule has 2 heteroatoms. The molecule has 1 saturated heterocycles. The summed E-state index contributed by atoms with van der Waals surface area (Å²) >= 11 is 0. The van der Waals surface area contributed by atoms with Crippen molar-refractivity contribution in [3.8, 4) is 0 Å². The highest BCUT2D eigenvalue weighted by Crippen LogP contribution is 2.19. The van der Waals surface area contributed by atoms with Crippen LogP contribution < -0.4 is 5.32 Å². The summed E-state index contributed by atoms with van der Waals surface area (Å²) < 4.78 is 0. The van der Waals surface area contributed by atoms with Crippen LogP contribution in [0.25, 0.3) is 0 Å². The number of hydrogen-bond acceptors (Lipinski definition) is 2. The molecule has 0 spiro atoms. The first-order chi connectivity index (χ1) is 5.66.